The molecule has 0 saturated heterocycles. The van der Waals surface area contributed by atoms with E-state index in [1.807, 2.05) is 38.1 Å². The van der Waals surface area contributed by atoms with E-state index in [-0.39, 0.29) is 30.8 Å². The van der Waals surface area contributed by atoms with Crippen molar-refractivity contribution in [2.75, 3.05) is 6.61 Å². The fourth-order valence-electron chi connectivity index (χ4n) is 4.83. The highest BCUT2D eigenvalue weighted by Gasteiger charge is 2.32. The zero-order valence-corrected chi connectivity index (χ0v) is 20.4. The van der Waals surface area contributed by atoms with Crippen LogP contribution in [0.15, 0.2) is 48.5 Å². The number of nitrogens with one attached hydrogen (secondary N) is 2. The highest BCUT2D eigenvalue weighted by molar-refractivity contribution is 5.81. The van der Waals surface area contributed by atoms with Gasteiger partial charge in [0.25, 0.3) is 0 Å². The smallest absolute Gasteiger partial charge is 0.407 e. The quantitative estimate of drug-likeness (QED) is 0.503. The van der Waals surface area contributed by atoms with Crippen LogP contribution in [0.4, 0.5) is 4.79 Å². The lowest BCUT2D eigenvalue weighted by molar-refractivity contribution is -0.144. The lowest BCUT2D eigenvalue weighted by Gasteiger charge is -2.28. The SMILES string of the molecule is CC(C)C(C(=O)O)C(C)NC(=O)CC(C)(C)NC(=O)OCC1c2ccccc2-c2ccccc21. The molecule has 3 rings (SSSR count). The maximum atomic E-state index is 12.6. The van der Waals surface area contributed by atoms with Gasteiger partial charge in [-0.1, -0.05) is 62.4 Å². The van der Waals surface area contributed by atoms with Crippen molar-refractivity contribution in [3.05, 3.63) is 59.7 Å². The van der Waals surface area contributed by atoms with E-state index in [0.29, 0.717) is 0 Å². The minimum atomic E-state index is -0.946. The molecular formula is C27H34N2O5. The first-order valence-corrected chi connectivity index (χ1v) is 11.7. The van der Waals surface area contributed by atoms with E-state index < -0.39 is 29.6 Å². The molecule has 0 fully saturated rings. The normalized spacial score (nSPS) is 14.6. The van der Waals surface area contributed by atoms with Crippen LogP contribution in [0, 0.1) is 11.8 Å². The molecule has 0 radical (unpaired) electrons. The highest BCUT2D eigenvalue weighted by atomic mass is 16.5. The number of carboxylic acid groups (broad SMARTS) is 1. The maximum Gasteiger partial charge on any atom is 0.407 e. The number of hydrogen-bond donors (Lipinski definition) is 3. The number of carbonyl (C=O) groups excluding carboxylic acids is 2. The second kappa shape index (κ2) is 10.3. The summed E-state index contributed by atoms with van der Waals surface area (Å²) in [6.45, 7) is 8.95. The van der Waals surface area contributed by atoms with Gasteiger partial charge in [-0.05, 0) is 48.9 Å². The molecule has 7 heteroatoms. The van der Waals surface area contributed by atoms with Crippen LogP contribution in [0.1, 0.15) is 58.1 Å². The summed E-state index contributed by atoms with van der Waals surface area (Å²) in [5, 5.41) is 15.0. The molecule has 2 aromatic rings. The molecular weight excluding hydrogens is 432 g/mol. The van der Waals surface area contributed by atoms with E-state index in [1.54, 1.807) is 20.8 Å². The van der Waals surface area contributed by atoms with E-state index in [0.717, 1.165) is 22.3 Å². The van der Waals surface area contributed by atoms with Crippen molar-refractivity contribution < 1.29 is 24.2 Å². The number of carbonyl (C=O) groups is 3. The van der Waals surface area contributed by atoms with E-state index in [1.165, 1.54) is 0 Å². The van der Waals surface area contributed by atoms with Gasteiger partial charge in [-0.3, -0.25) is 9.59 Å². The molecule has 1 aliphatic rings. The number of hydrogen-bond acceptors (Lipinski definition) is 4. The Balaban J connectivity index is 1.56. The number of fused-ring (bicyclic) bond motifs is 3. The minimum absolute atomic E-state index is 0.00797. The number of benzene rings is 2. The van der Waals surface area contributed by atoms with Crippen molar-refractivity contribution in [3.63, 3.8) is 0 Å². The molecule has 2 unspecified atom stereocenters. The number of amides is 2. The van der Waals surface area contributed by atoms with E-state index >= 15 is 0 Å². The van der Waals surface area contributed by atoms with Gasteiger partial charge in [0.15, 0.2) is 0 Å². The lowest BCUT2D eigenvalue weighted by atomic mass is 9.89. The molecule has 34 heavy (non-hydrogen) atoms. The van der Waals surface area contributed by atoms with Crippen LogP contribution in [0.3, 0.4) is 0 Å². The zero-order chi connectivity index (χ0) is 25.0. The van der Waals surface area contributed by atoms with Crippen LogP contribution in [0.5, 0.6) is 0 Å². The maximum absolute atomic E-state index is 12.6. The largest absolute Gasteiger partial charge is 0.481 e. The third kappa shape index (κ3) is 5.76. The lowest BCUT2D eigenvalue weighted by Crippen LogP contribution is -2.50. The second-order valence-electron chi connectivity index (χ2n) is 9.98. The molecule has 3 N–H and O–H groups in total. The van der Waals surface area contributed by atoms with Gasteiger partial charge in [0.1, 0.15) is 6.61 Å². The average molecular weight is 467 g/mol. The first kappa shape index (κ1) is 25.3. The van der Waals surface area contributed by atoms with Gasteiger partial charge in [0, 0.05) is 23.9 Å². The van der Waals surface area contributed by atoms with Crippen molar-refractivity contribution in [2.24, 2.45) is 11.8 Å². The van der Waals surface area contributed by atoms with Crippen LogP contribution in [0.25, 0.3) is 11.1 Å². The van der Waals surface area contributed by atoms with Gasteiger partial charge in [-0.2, -0.15) is 0 Å². The highest BCUT2D eigenvalue weighted by Crippen LogP contribution is 2.44. The molecule has 0 aromatic heterocycles. The van der Waals surface area contributed by atoms with Crippen molar-refractivity contribution in [1.82, 2.24) is 10.6 Å². The van der Waals surface area contributed by atoms with Crippen LogP contribution < -0.4 is 10.6 Å². The Kier molecular flexibility index (Phi) is 7.64. The van der Waals surface area contributed by atoms with E-state index in [4.69, 9.17) is 4.74 Å². The minimum Gasteiger partial charge on any atom is -0.481 e. The number of aliphatic carboxylic acids is 1. The molecule has 2 amide bonds. The third-order valence-electron chi connectivity index (χ3n) is 6.32. The summed E-state index contributed by atoms with van der Waals surface area (Å²) in [7, 11) is 0. The summed E-state index contributed by atoms with van der Waals surface area (Å²) in [6.07, 6.45) is -0.607. The number of carboxylic acids is 1. The molecule has 0 bridgehead atoms. The monoisotopic (exact) mass is 466 g/mol. The van der Waals surface area contributed by atoms with Gasteiger partial charge < -0.3 is 20.5 Å². The van der Waals surface area contributed by atoms with Gasteiger partial charge in [-0.15, -0.1) is 0 Å². The van der Waals surface area contributed by atoms with E-state index in [2.05, 4.69) is 34.9 Å². The van der Waals surface area contributed by atoms with Crippen LogP contribution in [-0.4, -0.2) is 41.3 Å². The summed E-state index contributed by atoms with van der Waals surface area (Å²) in [5.74, 6) is -2.14. The standard InChI is InChI=1S/C27H34N2O5/c1-16(2)24(25(31)32)17(3)28-23(30)14-27(4,5)29-26(33)34-15-22-20-12-8-6-10-18(20)19-11-7-9-13-21(19)22/h6-13,16-17,22,24H,14-15H2,1-5H3,(H,28,30)(H,29,33)(H,31,32). The number of alkyl carbamates (subject to hydrolysis) is 1. The van der Waals surface area contributed by atoms with Gasteiger partial charge in [0.05, 0.1) is 5.92 Å². The average Bonchev–Trinajstić information content (AvgIpc) is 3.04. The Bertz CT molecular complexity index is 1020. The topological polar surface area (TPSA) is 105 Å². The van der Waals surface area contributed by atoms with Crippen molar-refractivity contribution >= 4 is 18.0 Å². The second-order valence-corrected chi connectivity index (χ2v) is 9.98. The predicted molar refractivity (Wildman–Crippen MR) is 130 cm³/mol. The van der Waals surface area contributed by atoms with Crippen molar-refractivity contribution in [3.8, 4) is 11.1 Å². The van der Waals surface area contributed by atoms with Crippen LogP contribution >= 0.6 is 0 Å². The number of ether oxygens (including phenoxy) is 1. The van der Waals surface area contributed by atoms with Crippen LogP contribution in [-0.2, 0) is 14.3 Å². The molecule has 0 spiro atoms. The Morgan fingerprint density at radius 2 is 1.50 bits per heavy atom. The van der Waals surface area contributed by atoms with Crippen LogP contribution in [0.2, 0.25) is 0 Å². The summed E-state index contributed by atoms with van der Waals surface area (Å²) < 4.78 is 5.58. The Morgan fingerprint density at radius 1 is 0.971 bits per heavy atom. The third-order valence-corrected chi connectivity index (χ3v) is 6.32. The molecule has 2 aromatic carbocycles. The van der Waals surface area contributed by atoms with Gasteiger partial charge in [-0.25, -0.2) is 4.79 Å². The summed E-state index contributed by atoms with van der Waals surface area (Å²) in [5.41, 5.74) is 3.69. The predicted octanol–water partition coefficient (Wildman–Crippen LogP) is 4.56. The van der Waals surface area contributed by atoms with Gasteiger partial charge in [0.2, 0.25) is 5.91 Å². The molecule has 2 atom stereocenters. The first-order chi connectivity index (χ1) is 16.0. The summed E-state index contributed by atoms with van der Waals surface area (Å²) in [4.78, 5) is 36.6. The fraction of sp³-hybridized carbons (Fsp3) is 0.444. The Morgan fingerprint density at radius 3 is 2.00 bits per heavy atom. The molecule has 182 valence electrons. The molecule has 1 aliphatic carbocycles. The Hall–Kier alpha value is -3.35. The van der Waals surface area contributed by atoms with Gasteiger partial charge >= 0.3 is 12.1 Å². The fourth-order valence-corrected chi connectivity index (χ4v) is 4.83. The summed E-state index contributed by atoms with van der Waals surface area (Å²) >= 11 is 0. The van der Waals surface area contributed by atoms with Crippen molar-refractivity contribution in [1.29, 1.82) is 0 Å². The van der Waals surface area contributed by atoms with Crippen molar-refractivity contribution in [2.45, 2.75) is 58.5 Å². The molecule has 0 aliphatic heterocycles. The molecule has 0 heterocycles. The molecule has 0 saturated carbocycles. The Labute approximate surface area is 200 Å². The first-order valence-electron chi connectivity index (χ1n) is 11.7. The number of rotatable bonds is 9. The zero-order valence-electron chi connectivity index (χ0n) is 20.4. The molecule has 7 nitrogen and oxygen atoms in total. The van der Waals surface area contributed by atoms with E-state index in [9.17, 15) is 19.5 Å². The summed E-state index contributed by atoms with van der Waals surface area (Å²) in [6, 6.07) is 15.7.